The van der Waals surface area contributed by atoms with Crippen LogP contribution in [0.3, 0.4) is 0 Å². The molecule has 188 valence electrons. The van der Waals surface area contributed by atoms with Crippen LogP contribution in [0.5, 0.6) is 11.5 Å². The van der Waals surface area contributed by atoms with Crippen LogP contribution in [-0.2, 0) is 14.3 Å². The van der Waals surface area contributed by atoms with Crippen LogP contribution in [0, 0.1) is 17.7 Å². The van der Waals surface area contributed by atoms with Crippen molar-refractivity contribution in [2.24, 2.45) is 11.8 Å². The number of nitrogens with one attached hydrogen (secondary N) is 2. The first kappa shape index (κ1) is 26.0. The largest absolute Gasteiger partial charge is 0.493 e. The molecule has 0 radical (unpaired) electrons. The number of ether oxygens (including phenoxy) is 3. The monoisotopic (exact) mass is 486 g/mol. The number of benzene rings is 2. The van der Waals surface area contributed by atoms with Crippen molar-refractivity contribution < 1.29 is 33.0 Å². The highest BCUT2D eigenvalue weighted by atomic mass is 19.1. The summed E-state index contributed by atoms with van der Waals surface area (Å²) in [5.74, 6) is -0.476. The van der Waals surface area contributed by atoms with Gasteiger partial charge in [-0.15, -0.1) is 0 Å². The van der Waals surface area contributed by atoms with Crippen LogP contribution in [0.25, 0.3) is 0 Å². The van der Waals surface area contributed by atoms with Gasteiger partial charge in [-0.25, -0.2) is 9.18 Å². The minimum Gasteiger partial charge on any atom is -0.493 e. The fraction of sp³-hybridized carbons (Fsp3) is 0.423. The fourth-order valence-corrected chi connectivity index (χ4v) is 4.04. The molecule has 0 unspecified atom stereocenters. The van der Waals surface area contributed by atoms with Gasteiger partial charge in [0.2, 0.25) is 0 Å². The zero-order valence-electron chi connectivity index (χ0n) is 20.1. The van der Waals surface area contributed by atoms with Crippen molar-refractivity contribution >= 4 is 23.5 Å². The Balaban J connectivity index is 1.50. The molecule has 1 fully saturated rings. The summed E-state index contributed by atoms with van der Waals surface area (Å²) in [5.41, 5.74) is 0.610. The third-order valence-corrected chi connectivity index (χ3v) is 6.27. The molecule has 2 aromatic rings. The van der Waals surface area contributed by atoms with Gasteiger partial charge in [0.25, 0.3) is 11.8 Å². The zero-order valence-corrected chi connectivity index (χ0v) is 20.1. The number of amides is 2. The van der Waals surface area contributed by atoms with Gasteiger partial charge in [-0.3, -0.25) is 9.59 Å². The number of carbonyl (C=O) groups excluding carboxylic acids is 3. The second-order valence-electron chi connectivity index (χ2n) is 8.73. The SMILES string of the molecule is COc1cc(C(=O)OCC(=O)N[C@@H]2CCC[C@H](C)[C@H]2C)ccc1OCC(=O)Nc1ccc(F)cc1. The number of rotatable bonds is 9. The predicted molar refractivity (Wildman–Crippen MR) is 128 cm³/mol. The smallest absolute Gasteiger partial charge is 0.338 e. The Bertz CT molecular complexity index is 1040. The van der Waals surface area contributed by atoms with Crippen molar-refractivity contribution in [2.45, 2.75) is 39.2 Å². The molecular weight excluding hydrogens is 455 g/mol. The Hall–Kier alpha value is -3.62. The molecule has 0 aromatic heterocycles. The van der Waals surface area contributed by atoms with E-state index in [9.17, 15) is 18.8 Å². The van der Waals surface area contributed by atoms with Gasteiger partial charge < -0.3 is 24.8 Å². The summed E-state index contributed by atoms with van der Waals surface area (Å²) in [4.78, 5) is 36.8. The number of carbonyl (C=O) groups is 3. The Kier molecular flexibility index (Phi) is 9.05. The van der Waals surface area contributed by atoms with Crippen molar-refractivity contribution in [3.8, 4) is 11.5 Å². The molecule has 1 aliphatic carbocycles. The van der Waals surface area contributed by atoms with Gasteiger partial charge in [0.1, 0.15) is 5.82 Å². The first-order valence-electron chi connectivity index (χ1n) is 11.6. The summed E-state index contributed by atoms with van der Waals surface area (Å²) in [6.45, 7) is 3.61. The zero-order chi connectivity index (χ0) is 25.4. The van der Waals surface area contributed by atoms with E-state index in [2.05, 4.69) is 24.5 Å². The second kappa shape index (κ2) is 12.2. The lowest BCUT2D eigenvalue weighted by atomic mass is 9.78. The van der Waals surface area contributed by atoms with E-state index in [1.165, 1.54) is 49.6 Å². The summed E-state index contributed by atoms with van der Waals surface area (Å²) in [7, 11) is 1.40. The number of hydrogen-bond acceptors (Lipinski definition) is 6. The molecule has 2 N–H and O–H groups in total. The minimum atomic E-state index is -0.677. The first-order chi connectivity index (χ1) is 16.8. The number of anilines is 1. The number of hydrogen-bond donors (Lipinski definition) is 2. The lowest BCUT2D eigenvalue weighted by Crippen LogP contribution is -2.45. The summed E-state index contributed by atoms with van der Waals surface area (Å²) in [6.07, 6.45) is 3.15. The van der Waals surface area contributed by atoms with E-state index in [1.54, 1.807) is 0 Å². The minimum absolute atomic E-state index is 0.0849. The number of esters is 1. The quantitative estimate of drug-likeness (QED) is 0.521. The van der Waals surface area contributed by atoms with Crippen molar-refractivity contribution in [1.82, 2.24) is 5.32 Å². The molecule has 0 saturated heterocycles. The van der Waals surface area contributed by atoms with E-state index in [0.29, 0.717) is 17.5 Å². The maximum atomic E-state index is 13.0. The summed E-state index contributed by atoms with van der Waals surface area (Å²) < 4.78 is 28.9. The van der Waals surface area contributed by atoms with Crippen LogP contribution in [0.4, 0.5) is 10.1 Å². The number of methoxy groups -OCH3 is 1. The van der Waals surface area contributed by atoms with Crippen LogP contribution in [0.15, 0.2) is 42.5 Å². The van der Waals surface area contributed by atoms with Gasteiger partial charge in [0, 0.05) is 11.7 Å². The van der Waals surface area contributed by atoms with Crippen molar-refractivity contribution in [1.29, 1.82) is 0 Å². The maximum absolute atomic E-state index is 13.0. The fourth-order valence-electron chi connectivity index (χ4n) is 4.04. The molecule has 3 rings (SSSR count). The Morgan fingerprint density at radius 2 is 1.71 bits per heavy atom. The number of halogens is 1. The van der Waals surface area contributed by atoms with Gasteiger partial charge in [-0.1, -0.05) is 26.7 Å². The highest BCUT2D eigenvalue weighted by Gasteiger charge is 2.28. The second-order valence-corrected chi connectivity index (χ2v) is 8.73. The molecule has 0 spiro atoms. The van der Waals surface area contributed by atoms with E-state index in [4.69, 9.17) is 14.2 Å². The van der Waals surface area contributed by atoms with Crippen molar-refractivity contribution in [3.63, 3.8) is 0 Å². The molecule has 8 nitrogen and oxygen atoms in total. The first-order valence-corrected chi connectivity index (χ1v) is 11.6. The molecule has 1 saturated carbocycles. The van der Waals surface area contributed by atoms with E-state index >= 15 is 0 Å². The highest BCUT2D eigenvalue weighted by molar-refractivity contribution is 5.93. The molecule has 9 heteroatoms. The molecular formula is C26H31FN2O6. The average molecular weight is 487 g/mol. The summed E-state index contributed by atoms with van der Waals surface area (Å²) >= 11 is 0. The summed E-state index contributed by atoms with van der Waals surface area (Å²) in [6, 6.07) is 9.78. The standard InChI is InChI=1S/C26H31FN2O6/c1-16-5-4-6-21(17(16)2)29-25(31)15-35-26(32)18-7-12-22(23(13-18)33-3)34-14-24(30)28-20-10-8-19(27)9-11-20/h7-13,16-17,21H,4-6,14-15H2,1-3H3,(H,28,30)(H,29,31)/t16-,17+,21+/m0/s1. The highest BCUT2D eigenvalue weighted by Crippen LogP contribution is 2.30. The average Bonchev–Trinajstić information content (AvgIpc) is 2.85. The third-order valence-electron chi connectivity index (χ3n) is 6.27. The van der Waals surface area contributed by atoms with Crippen LogP contribution >= 0.6 is 0 Å². The molecule has 2 aromatic carbocycles. The molecule has 2 amide bonds. The van der Waals surface area contributed by atoms with E-state index in [-0.39, 0.29) is 42.2 Å². The van der Waals surface area contributed by atoms with E-state index in [1.807, 2.05) is 0 Å². The van der Waals surface area contributed by atoms with Crippen molar-refractivity contribution in [3.05, 3.63) is 53.8 Å². The molecule has 0 bridgehead atoms. The van der Waals surface area contributed by atoms with Gasteiger partial charge in [0.05, 0.1) is 12.7 Å². The van der Waals surface area contributed by atoms with E-state index in [0.717, 1.165) is 19.3 Å². The van der Waals surface area contributed by atoms with Gasteiger partial charge >= 0.3 is 5.97 Å². The summed E-state index contributed by atoms with van der Waals surface area (Å²) in [5, 5.41) is 5.55. The van der Waals surface area contributed by atoms with Gasteiger partial charge in [0.15, 0.2) is 24.7 Å². The van der Waals surface area contributed by atoms with Crippen LogP contribution in [0.1, 0.15) is 43.5 Å². The maximum Gasteiger partial charge on any atom is 0.338 e. The Labute approximate surface area is 204 Å². The molecule has 1 aliphatic rings. The molecule has 35 heavy (non-hydrogen) atoms. The molecule has 3 atom stereocenters. The van der Waals surface area contributed by atoms with Gasteiger partial charge in [-0.05, 0) is 60.7 Å². The third kappa shape index (κ3) is 7.43. The molecule has 0 aliphatic heterocycles. The molecule has 0 heterocycles. The van der Waals surface area contributed by atoms with E-state index < -0.39 is 17.7 Å². The van der Waals surface area contributed by atoms with Crippen LogP contribution in [-0.4, -0.2) is 44.1 Å². The topological polar surface area (TPSA) is 103 Å². The van der Waals surface area contributed by atoms with Crippen LogP contribution < -0.4 is 20.1 Å². The predicted octanol–water partition coefficient (Wildman–Crippen LogP) is 3.95. The lowest BCUT2D eigenvalue weighted by Gasteiger charge is -2.34. The normalized spacial score (nSPS) is 19.4. The van der Waals surface area contributed by atoms with Gasteiger partial charge in [-0.2, -0.15) is 0 Å². The Morgan fingerprint density at radius 1 is 0.971 bits per heavy atom. The lowest BCUT2D eigenvalue weighted by molar-refractivity contribution is -0.125. The Morgan fingerprint density at radius 3 is 2.43 bits per heavy atom. The van der Waals surface area contributed by atoms with Crippen molar-refractivity contribution in [2.75, 3.05) is 25.6 Å². The van der Waals surface area contributed by atoms with Crippen LogP contribution in [0.2, 0.25) is 0 Å².